The SMILES string of the molecule is CN(C)C(=O)c1cccc(NC(=O)NCCc2c[nH]c3ccccc23)c1. The van der Waals surface area contributed by atoms with Crippen LogP contribution in [0.15, 0.2) is 54.7 Å². The molecule has 6 heteroatoms. The van der Waals surface area contributed by atoms with E-state index >= 15 is 0 Å². The maximum atomic E-state index is 12.1. The van der Waals surface area contributed by atoms with Gasteiger partial charge in [-0.25, -0.2) is 4.79 Å². The molecule has 0 saturated heterocycles. The summed E-state index contributed by atoms with van der Waals surface area (Å²) >= 11 is 0. The maximum absolute atomic E-state index is 12.1. The lowest BCUT2D eigenvalue weighted by Gasteiger charge is -2.12. The maximum Gasteiger partial charge on any atom is 0.319 e. The highest BCUT2D eigenvalue weighted by Crippen LogP contribution is 2.17. The minimum Gasteiger partial charge on any atom is -0.361 e. The molecule has 0 fully saturated rings. The number of fused-ring (bicyclic) bond motifs is 1. The van der Waals surface area contributed by atoms with Gasteiger partial charge in [-0.15, -0.1) is 0 Å². The van der Waals surface area contributed by atoms with E-state index in [4.69, 9.17) is 0 Å². The monoisotopic (exact) mass is 350 g/mol. The Bertz CT molecular complexity index is 930. The summed E-state index contributed by atoms with van der Waals surface area (Å²) in [7, 11) is 3.39. The summed E-state index contributed by atoms with van der Waals surface area (Å²) in [5.74, 6) is -0.103. The highest BCUT2D eigenvalue weighted by molar-refractivity contribution is 5.96. The number of hydrogen-bond donors (Lipinski definition) is 3. The van der Waals surface area contributed by atoms with E-state index in [9.17, 15) is 9.59 Å². The topological polar surface area (TPSA) is 77.2 Å². The number of carbonyl (C=O) groups excluding carboxylic acids is 2. The predicted molar refractivity (Wildman–Crippen MR) is 103 cm³/mol. The van der Waals surface area contributed by atoms with Crippen LogP contribution in [0.4, 0.5) is 10.5 Å². The van der Waals surface area contributed by atoms with E-state index in [1.54, 1.807) is 38.4 Å². The molecule has 0 saturated carbocycles. The number of nitrogens with zero attached hydrogens (tertiary/aromatic N) is 1. The van der Waals surface area contributed by atoms with Crippen molar-refractivity contribution < 1.29 is 9.59 Å². The Morgan fingerprint density at radius 3 is 2.69 bits per heavy atom. The predicted octanol–water partition coefficient (Wildman–Crippen LogP) is 3.23. The number of H-pyrrole nitrogens is 1. The number of benzene rings is 2. The Morgan fingerprint density at radius 2 is 1.88 bits per heavy atom. The molecule has 2 aromatic carbocycles. The van der Waals surface area contributed by atoms with E-state index in [-0.39, 0.29) is 11.9 Å². The molecule has 1 aromatic heterocycles. The van der Waals surface area contributed by atoms with E-state index in [0.717, 1.165) is 11.9 Å². The van der Waals surface area contributed by atoms with E-state index in [1.807, 2.05) is 24.4 Å². The highest BCUT2D eigenvalue weighted by Gasteiger charge is 2.09. The second-order valence-electron chi connectivity index (χ2n) is 6.27. The average molecular weight is 350 g/mol. The summed E-state index contributed by atoms with van der Waals surface area (Å²) in [6.45, 7) is 0.518. The number of para-hydroxylation sites is 1. The third kappa shape index (κ3) is 4.03. The summed E-state index contributed by atoms with van der Waals surface area (Å²) < 4.78 is 0. The molecule has 0 spiro atoms. The zero-order chi connectivity index (χ0) is 18.5. The Morgan fingerprint density at radius 1 is 1.08 bits per heavy atom. The molecule has 0 radical (unpaired) electrons. The van der Waals surface area contributed by atoms with Crippen molar-refractivity contribution in [1.29, 1.82) is 0 Å². The van der Waals surface area contributed by atoms with Crippen molar-refractivity contribution in [2.45, 2.75) is 6.42 Å². The van der Waals surface area contributed by atoms with E-state index in [0.29, 0.717) is 17.8 Å². The number of aromatic nitrogens is 1. The van der Waals surface area contributed by atoms with Crippen LogP contribution in [0.1, 0.15) is 15.9 Å². The molecule has 3 aromatic rings. The van der Waals surface area contributed by atoms with Crippen LogP contribution in [0.2, 0.25) is 0 Å². The van der Waals surface area contributed by atoms with Gasteiger partial charge in [0.2, 0.25) is 0 Å². The Kier molecular flexibility index (Phi) is 5.22. The van der Waals surface area contributed by atoms with Crippen molar-refractivity contribution in [3.63, 3.8) is 0 Å². The van der Waals surface area contributed by atoms with Gasteiger partial charge in [0.25, 0.3) is 5.91 Å². The molecule has 0 atom stereocenters. The normalized spacial score (nSPS) is 10.5. The summed E-state index contributed by atoms with van der Waals surface area (Å²) in [5, 5.41) is 6.78. The van der Waals surface area contributed by atoms with E-state index in [2.05, 4.69) is 21.7 Å². The third-order valence-electron chi connectivity index (χ3n) is 4.13. The van der Waals surface area contributed by atoms with Gasteiger partial charge in [0.05, 0.1) is 0 Å². The fourth-order valence-electron chi connectivity index (χ4n) is 2.81. The summed E-state index contributed by atoms with van der Waals surface area (Å²) in [4.78, 5) is 28.8. The Balaban J connectivity index is 1.54. The van der Waals surface area contributed by atoms with Gasteiger partial charge in [-0.3, -0.25) is 4.79 Å². The smallest absolute Gasteiger partial charge is 0.319 e. The van der Waals surface area contributed by atoms with Crippen LogP contribution < -0.4 is 10.6 Å². The molecule has 0 bridgehead atoms. The lowest BCUT2D eigenvalue weighted by Crippen LogP contribution is -2.30. The molecule has 0 aliphatic carbocycles. The van der Waals surface area contributed by atoms with Crippen molar-refractivity contribution in [2.75, 3.05) is 26.0 Å². The molecule has 3 amide bonds. The number of hydrogen-bond acceptors (Lipinski definition) is 2. The zero-order valence-corrected chi connectivity index (χ0v) is 14.9. The van der Waals surface area contributed by atoms with Crippen molar-refractivity contribution >= 4 is 28.5 Å². The van der Waals surface area contributed by atoms with Gasteiger partial charge in [0, 0.05) is 49.0 Å². The second kappa shape index (κ2) is 7.74. The van der Waals surface area contributed by atoms with E-state index < -0.39 is 0 Å². The highest BCUT2D eigenvalue weighted by atomic mass is 16.2. The first-order valence-corrected chi connectivity index (χ1v) is 8.46. The van der Waals surface area contributed by atoms with Crippen LogP contribution in [0, 0.1) is 0 Å². The van der Waals surface area contributed by atoms with Gasteiger partial charge >= 0.3 is 6.03 Å². The lowest BCUT2D eigenvalue weighted by atomic mass is 10.1. The molecule has 0 unspecified atom stereocenters. The molecule has 0 aliphatic heterocycles. The van der Waals surface area contributed by atoms with Crippen LogP contribution >= 0.6 is 0 Å². The van der Waals surface area contributed by atoms with Gasteiger partial charge in [0.15, 0.2) is 0 Å². The van der Waals surface area contributed by atoms with Gasteiger partial charge in [0.1, 0.15) is 0 Å². The molecule has 134 valence electrons. The van der Waals surface area contributed by atoms with Crippen LogP contribution in [0.3, 0.4) is 0 Å². The van der Waals surface area contributed by atoms with Crippen molar-refractivity contribution in [3.05, 3.63) is 65.9 Å². The average Bonchev–Trinajstić information content (AvgIpc) is 3.04. The van der Waals surface area contributed by atoms with Gasteiger partial charge in [-0.1, -0.05) is 24.3 Å². The van der Waals surface area contributed by atoms with Gasteiger partial charge in [-0.2, -0.15) is 0 Å². The molecule has 1 heterocycles. The summed E-state index contributed by atoms with van der Waals surface area (Å²) in [6, 6.07) is 14.7. The summed E-state index contributed by atoms with van der Waals surface area (Å²) in [6.07, 6.45) is 2.71. The van der Waals surface area contributed by atoms with E-state index in [1.165, 1.54) is 15.8 Å². The molecular weight excluding hydrogens is 328 g/mol. The first-order valence-electron chi connectivity index (χ1n) is 8.46. The summed E-state index contributed by atoms with van der Waals surface area (Å²) in [5.41, 5.74) is 3.38. The standard InChI is InChI=1S/C20H22N4O2/c1-24(2)19(25)14-6-5-7-16(12-14)23-20(26)21-11-10-15-13-22-18-9-4-3-8-17(15)18/h3-9,12-13,22H,10-11H2,1-2H3,(H2,21,23,26). The van der Waals surface area contributed by atoms with Crippen molar-refractivity contribution in [1.82, 2.24) is 15.2 Å². The first kappa shape index (κ1) is 17.5. The molecule has 3 rings (SSSR count). The fourth-order valence-corrected chi connectivity index (χ4v) is 2.81. The number of carbonyl (C=O) groups is 2. The Labute approximate surface area is 152 Å². The number of rotatable bonds is 5. The molecule has 26 heavy (non-hydrogen) atoms. The zero-order valence-electron chi connectivity index (χ0n) is 14.9. The largest absolute Gasteiger partial charge is 0.361 e. The van der Waals surface area contributed by atoms with Crippen LogP contribution in [0.25, 0.3) is 10.9 Å². The second-order valence-corrected chi connectivity index (χ2v) is 6.27. The van der Waals surface area contributed by atoms with Gasteiger partial charge < -0.3 is 20.5 Å². The first-order chi connectivity index (χ1) is 12.5. The minimum atomic E-state index is -0.292. The number of nitrogens with one attached hydrogen (secondary N) is 3. The van der Waals surface area contributed by atoms with Crippen LogP contribution in [-0.2, 0) is 6.42 Å². The third-order valence-corrected chi connectivity index (χ3v) is 4.13. The fraction of sp³-hybridized carbons (Fsp3) is 0.200. The number of anilines is 1. The molecule has 6 nitrogen and oxygen atoms in total. The van der Waals surface area contributed by atoms with Crippen molar-refractivity contribution in [3.8, 4) is 0 Å². The molecule has 0 aliphatic rings. The number of aromatic amines is 1. The van der Waals surface area contributed by atoms with Gasteiger partial charge in [-0.05, 0) is 36.2 Å². The lowest BCUT2D eigenvalue weighted by molar-refractivity contribution is 0.0827. The quantitative estimate of drug-likeness (QED) is 0.661. The minimum absolute atomic E-state index is 0.103. The van der Waals surface area contributed by atoms with Crippen LogP contribution in [0.5, 0.6) is 0 Å². The number of amides is 3. The molecular formula is C20H22N4O2. The number of urea groups is 1. The van der Waals surface area contributed by atoms with Crippen molar-refractivity contribution in [2.24, 2.45) is 0 Å². The van der Waals surface area contributed by atoms with Crippen LogP contribution in [-0.4, -0.2) is 42.5 Å². The molecule has 3 N–H and O–H groups in total. The Hall–Kier alpha value is -3.28.